The standard InChI is InChI=1S/C14H12Cl2N4O/c1-7-12(8(2)21)13(20-14(19-7)17-6-18-20)9-3-4-10(15)11(16)5-9/h3-6,13H,1-2H3,(H,17,18,19)/t13-/m1/s1. The third-order valence-corrected chi connectivity index (χ3v) is 4.17. The Labute approximate surface area is 131 Å². The zero-order chi connectivity index (χ0) is 15.1. The highest BCUT2D eigenvalue weighted by atomic mass is 35.5. The molecule has 1 aromatic carbocycles. The highest BCUT2D eigenvalue weighted by molar-refractivity contribution is 6.42. The molecule has 1 atom stereocenters. The molecule has 2 aromatic rings. The van der Waals surface area contributed by atoms with Crippen molar-refractivity contribution in [3.05, 3.63) is 51.4 Å². The first-order chi connectivity index (χ1) is 9.99. The number of benzene rings is 1. The normalized spacial score (nSPS) is 17.4. The van der Waals surface area contributed by atoms with Gasteiger partial charge < -0.3 is 5.32 Å². The Morgan fingerprint density at radius 1 is 1.33 bits per heavy atom. The van der Waals surface area contributed by atoms with Crippen molar-refractivity contribution in [3.63, 3.8) is 0 Å². The van der Waals surface area contributed by atoms with Gasteiger partial charge in [-0.05, 0) is 31.5 Å². The van der Waals surface area contributed by atoms with Gasteiger partial charge >= 0.3 is 0 Å². The minimum Gasteiger partial charge on any atom is -0.328 e. The SMILES string of the molecule is CC(=O)C1=C(C)Nc2ncnn2[C@@H]1c1ccc(Cl)c(Cl)c1. The zero-order valence-corrected chi connectivity index (χ0v) is 12.9. The number of hydrogen-bond acceptors (Lipinski definition) is 4. The van der Waals surface area contributed by atoms with Crippen molar-refractivity contribution in [3.8, 4) is 0 Å². The van der Waals surface area contributed by atoms with E-state index in [9.17, 15) is 4.79 Å². The largest absolute Gasteiger partial charge is 0.328 e. The Balaban J connectivity index is 2.21. The van der Waals surface area contributed by atoms with E-state index in [0.717, 1.165) is 11.3 Å². The molecule has 0 saturated heterocycles. The summed E-state index contributed by atoms with van der Waals surface area (Å²) in [6.07, 6.45) is 1.45. The lowest BCUT2D eigenvalue weighted by atomic mass is 9.93. The Kier molecular flexibility index (Phi) is 3.47. The molecule has 1 aromatic heterocycles. The predicted molar refractivity (Wildman–Crippen MR) is 81.6 cm³/mol. The summed E-state index contributed by atoms with van der Waals surface area (Å²) in [5.41, 5.74) is 2.23. The molecule has 0 fully saturated rings. The Hall–Kier alpha value is -1.85. The summed E-state index contributed by atoms with van der Waals surface area (Å²) in [6.45, 7) is 3.38. The van der Waals surface area contributed by atoms with E-state index in [1.54, 1.807) is 16.8 Å². The molecule has 0 aliphatic carbocycles. The van der Waals surface area contributed by atoms with E-state index in [0.29, 0.717) is 21.6 Å². The van der Waals surface area contributed by atoms with Gasteiger partial charge in [-0.2, -0.15) is 10.1 Å². The summed E-state index contributed by atoms with van der Waals surface area (Å²) in [5, 5.41) is 8.21. The van der Waals surface area contributed by atoms with Gasteiger partial charge in [0.15, 0.2) is 5.78 Å². The smallest absolute Gasteiger partial charge is 0.226 e. The number of fused-ring (bicyclic) bond motifs is 1. The molecule has 21 heavy (non-hydrogen) atoms. The van der Waals surface area contributed by atoms with Crippen LogP contribution in [-0.4, -0.2) is 20.5 Å². The van der Waals surface area contributed by atoms with E-state index in [2.05, 4.69) is 15.4 Å². The summed E-state index contributed by atoms with van der Waals surface area (Å²) >= 11 is 12.1. The Bertz CT molecular complexity index is 766. The van der Waals surface area contributed by atoms with Crippen LogP contribution in [0.4, 0.5) is 5.95 Å². The molecule has 0 saturated carbocycles. The molecule has 1 aliphatic rings. The minimum absolute atomic E-state index is 0.0303. The van der Waals surface area contributed by atoms with Gasteiger partial charge in [0.1, 0.15) is 12.4 Å². The lowest BCUT2D eigenvalue weighted by Crippen LogP contribution is -2.27. The lowest BCUT2D eigenvalue weighted by Gasteiger charge is -2.28. The molecule has 0 spiro atoms. The van der Waals surface area contributed by atoms with Crippen LogP contribution in [0.15, 0.2) is 35.8 Å². The molecule has 1 N–H and O–H groups in total. The van der Waals surface area contributed by atoms with Crippen molar-refractivity contribution in [2.24, 2.45) is 0 Å². The number of aromatic nitrogens is 3. The van der Waals surface area contributed by atoms with Gasteiger partial charge in [0, 0.05) is 11.3 Å². The molecule has 108 valence electrons. The van der Waals surface area contributed by atoms with E-state index in [4.69, 9.17) is 23.2 Å². The van der Waals surface area contributed by atoms with Crippen LogP contribution in [0.25, 0.3) is 0 Å². The molecule has 7 heteroatoms. The van der Waals surface area contributed by atoms with Crippen molar-refractivity contribution in [1.82, 2.24) is 14.8 Å². The quantitative estimate of drug-likeness (QED) is 0.919. The van der Waals surface area contributed by atoms with Gasteiger partial charge in [-0.15, -0.1) is 0 Å². The second-order valence-corrected chi connectivity index (χ2v) is 5.64. The topological polar surface area (TPSA) is 59.8 Å². The van der Waals surface area contributed by atoms with Crippen molar-refractivity contribution < 1.29 is 4.79 Å². The van der Waals surface area contributed by atoms with Crippen LogP contribution in [0.2, 0.25) is 10.0 Å². The van der Waals surface area contributed by atoms with Crippen LogP contribution < -0.4 is 5.32 Å². The number of carbonyl (C=O) groups excluding carboxylic acids is 1. The van der Waals surface area contributed by atoms with Crippen LogP contribution in [0.1, 0.15) is 25.5 Å². The van der Waals surface area contributed by atoms with Crippen molar-refractivity contribution in [1.29, 1.82) is 0 Å². The minimum atomic E-state index is -0.365. The second-order valence-electron chi connectivity index (χ2n) is 4.82. The van der Waals surface area contributed by atoms with E-state index >= 15 is 0 Å². The Morgan fingerprint density at radius 3 is 2.76 bits per heavy atom. The highest BCUT2D eigenvalue weighted by Crippen LogP contribution is 2.36. The van der Waals surface area contributed by atoms with E-state index in [-0.39, 0.29) is 11.8 Å². The van der Waals surface area contributed by atoms with Gasteiger partial charge in [0.25, 0.3) is 0 Å². The van der Waals surface area contributed by atoms with Gasteiger partial charge in [-0.1, -0.05) is 29.3 Å². The first kappa shape index (κ1) is 14.1. The fraction of sp³-hybridized carbons (Fsp3) is 0.214. The summed E-state index contributed by atoms with van der Waals surface area (Å²) in [7, 11) is 0. The number of hydrogen-bond donors (Lipinski definition) is 1. The van der Waals surface area contributed by atoms with Gasteiger partial charge in [-0.25, -0.2) is 4.68 Å². The van der Waals surface area contributed by atoms with Crippen LogP contribution in [0.5, 0.6) is 0 Å². The number of rotatable bonds is 2. The zero-order valence-electron chi connectivity index (χ0n) is 11.4. The summed E-state index contributed by atoms with van der Waals surface area (Å²) < 4.78 is 1.67. The van der Waals surface area contributed by atoms with Crippen molar-refractivity contribution in [2.75, 3.05) is 5.32 Å². The maximum atomic E-state index is 12.1. The predicted octanol–water partition coefficient (Wildman–Crippen LogP) is 3.46. The number of ketones is 1. The third-order valence-electron chi connectivity index (χ3n) is 3.43. The molecule has 3 rings (SSSR count). The van der Waals surface area contributed by atoms with Gasteiger partial charge in [-0.3, -0.25) is 4.79 Å². The highest BCUT2D eigenvalue weighted by Gasteiger charge is 2.31. The van der Waals surface area contributed by atoms with E-state index in [1.807, 2.05) is 13.0 Å². The van der Waals surface area contributed by atoms with Gasteiger partial charge in [0.2, 0.25) is 5.95 Å². The van der Waals surface area contributed by atoms with Gasteiger partial charge in [0.05, 0.1) is 10.0 Å². The van der Waals surface area contributed by atoms with Crippen LogP contribution >= 0.6 is 23.2 Å². The molecule has 1 aliphatic heterocycles. The number of nitrogens with zero attached hydrogens (tertiary/aromatic N) is 3. The fourth-order valence-electron chi connectivity index (χ4n) is 2.54. The van der Waals surface area contributed by atoms with E-state index < -0.39 is 0 Å². The molecule has 2 heterocycles. The first-order valence-corrected chi connectivity index (χ1v) is 7.08. The molecule has 0 bridgehead atoms. The molecular weight excluding hydrogens is 311 g/mol. The number of anilines is 1. The number of carbonyl (C=O) groups is 1. The van der Waals surface area contributed by atoms with Crippen LogP contribution in [0.3, 0.4) is 0 Å². The number of nitrogens with one attached hydrogen (secondary N) is 1. The first-order valence-electron chi connectivity index (χ1n) is 6.32. The maximum absolute atomic E-state index is 12.1. The summed E-state index contributed by atoms with van der Waals surface area (Å²) in [4.78, 5) is 16.2. The maximum Gasteiger partial charge on any atom is 0.226 e. The number of allylic oxidation sites excluding steroid dienone is 2. The monoisotopic (exact) mass is 322 g/mol. The summed E-state index contributed by atoms with van der Waals surface area (Å²) in [5.74, 6) is 0.561. The molecule has 5 nitrogen and oxygen atoms in total. The fourth-order valence-corrected chi connectivity index (χ4v) is 2.84. The lowest BCUT2D eigenvalue weighted by molar-refractivity contribution is -0.114. The molecule has 0 amide bonds. The Morgan fingerprint density at radius 2 is 2.10 bits per heavy atom. The second kappa shape index (κ2) is 5.16. The van der Waals surface area contributed by atoms with Crippen LogP contribution in [0, 0.1) is 0 Å². The van der Waals surface area contributed by atoms with E-state index in [1.165, 1.54) is 13.3 Å². The average Bonchev–Trinajstić information content (AvgIpc) is 2.87. The van der Waals surface area contributed by atoms with Crippen LogP contribution in [-0.2, 0) is 4.79 Å². The van der Waals surface area contributed by atoms with Crippen molar-refractivity contribution >= 4 is 34.9 Å². The molecule has 0 unspecified atom stereocenters. The molecule has 0 radical (unpaired) electrons. The number of halogens is 2. The molecular formula is C14H12Cl2N4O. The third kappa shape index (κ3) is 2.32. The van der Waals surface area contributed by atoms with Crippen molar-refractivity contribution in [2.45, 2.75) is 19.9 Å². The summed E-state index contributed by atoms with van der Waals surface area (Å²) in [6, 6.07) is 4.94. The average molecular weight is 323 g/mol. The number of Topliss-reactive ketones (excluding diaryl/α,β-unsaturated/α-hetero) is 1.